The first-order valence-corrected chi connectivity index (χ1v) is 8.13. The number of fused-ring (bicyclic) bond motifs is 1. The number of nitrogens with one attached hydrogen (secondary N) is 1. The predicted molar refractivity (Wildman–Crippen MR) is 88.4 cm³/mol. The molecule has 3 heterocycles. The molecule has 8 heteroatoms. The van der Waals surface area contributed by atoms with Crippen molar-refractivity contribution in [2.24, 2.45) is 0 Å². The molecule has 3 rings (SSSR count). The summed E-state index contributed by atoms with van der Waals surface area (Å²) < 4.78 is 11.7. The summed E-state index contributed by atoms with van der Waals surface area (Å²) in [7, 11) is 2.64. The standard InChI is InChI=1S/C16H17N3O4S/c1-8-11(14(20)22-3)13(12(9(2)18-8)15(21)23-4)10-7-17-16-19(10)5-6-24-16/h5-7,13,18H,1-4H3. The second-order valence-corrected chi connectivity index (χ2v) is 6.23. The molecule has 1 aliphatic rings. The summed E-state index contributed by atoms with van der Waals surface area (Å²) in [5.74, 6) is -1.61. The molecule has 0 aliphatic carbocycles. The highest BCUT2D eigenvalue weighted by Crippen LogP contribution is 2.39. The summed E-state index contributed by atoms with van der Waals surface area (Å²) in [4.78, 5) is 29.9. The molecule has 0 unspecified atom stereocenters. The fourth-order valence-electron chi connectivity index (χ4n) is 3.01. The molecule has 0 bridgehead atoms. The van der Waals surface area contributed by atoms with E-state index in [9.17, 15) is 9.59 Å². The topological polar surface area (TPSA) is 81.9 Å². The van der Waals surface area contributed by atoms with Gasteiger partial charge in [-0.1, -0.05) is 0 Å². The van der Waals surface area contributed by atoms with Crippen LogP contribution in [0.2, 0.25) is 0 Å². The Morgan fingerprint density at radius 2 is 1.75 bits per heavy atom. The van der Waals surface area contributed by atoms with Gasteiger partial charge in [-0.3, -0.25) is 4.40 Å². The van der Waals surface area contributed by atoms with Gasteiger partial charge in [-0.25, -0.2) is 14.6 Å². The lowest BCUT2D eigenvalue weighted by atomic mass is 9.83. The second-order valence-electron chi connectivity index (χ2n) is 5.36. The maximum absolute atomic E-state index is 12.4. The van der Waals surface area contributed by atoms with Crippen molar-refractivity contribution in [2.75, 3.05) is 14.2 Å². The molecule has 2 aromatic rings. The number of allylic oxidation sites excluding steroid dienone is 2. The first-order valence-electron chi connectivity index (χ1n) is 7.25. The quantitative estimate of drug-likeness (QED) is 0.855. The fourth-order valence-corrected chi connectivity index (χ4v) is 3.71. The third-order valence-corrected chi connectivity index (χ3v) is 4.81. The molecule has 7 nitrogen and oxygen atoms in total. The largest absolute Gasteiger partial charge is 0.466 e. The summed E-state index contributed by atoms with van der Waals surface area (Å²) in [6.45, 7) is 3.56. The van der Waals surface area contributed by atoms with E-state index in [1.165, 1.54) is 25.6 Å². The van der Waals surface area contributed by atoms with Crippen LogP contribution >= 0.6 is 11.3 Å². The van der Waals surface area contributed by atoms with Crippen molar-refractivity contribution in [1.29, 1.82) is 0 Å². The van der Waals surface area contributed by atoms with Crippen molar-refractivity contribution < 1.29 is 19.1 Å². The van der Waals surface area contributed by atoms with E-state index in [-0.39, 0.29) is 0 Å². The van der Waals surface area contributed by atoms with Crippen molar-refractivity contribution in [3.8, 4) is 0 Å². The van der Waals surface area contributed by atoms with E-state index in [4.69, 9.17) is 9.47 Å². The molecule has 2 aromatic heterocycles. The van der Waals surface area contributed by atoms with Gasteiger partial charge in [0, 0.05) is 23.0 Å². The number of hydrogen-bond donors (Lipinski definition) is 1. The molecule has 1 N–H and O–H groups in total. The number of imidazole rings is 1. The van der Waals surface area contributed by atoms with E-state index < -0.39 is 17.9 Å². The van der Waals surface area contributed by atoms with E-state index in [0.29, 0.717) is 28.2 Å². The fraction of sp³-hybridized carbons (Fsp3) is 0.312. The van der Waals surface area contributed by atoms with Gasteiger partial charge in [-0.05, 0) is 13.8 Å². The summed E-state index contributed by atoms with van der Waals surface area (Å²) in [6.07, 6.45) is 3.53. The first kappa shape index (κ1) is 16.3. The van der Waals surface area contributed by atoms with Gasteiger partial charge in [-0.15, -0.1) is 11.3 Å². The van der Waals surface area contributed by atoms with Gasteiger partial charge in [0.1, 0.15) is 0 Å². The van der Waals surface area contributed by atoms with Crippen molar-refractivity contribution >= 4 is 28.2 Å². The number of hydrogen-bond acceptors (Lipinski definition) is 7. The van der Waals surface area contributed by atoms with Gasteiger partial charge in [-0.2, -0.15) is 0 Å². The Bertz CT molecular complexity index is 852. The molecule has 126 valence electrons. The average molecular weight is 347 g/mol. The van der Waals surface area contributed by atoms with E-state index in [0.717, 1.165) is 4.96 Å². The van der Waals surface area contributed by atoms with Crippen LogP contribution in [-0.4, -0.2) is 35.5 Å². The third-order valence-electron chi connectivity index (χ3n) is 4.04. The normalized spacial score (nSPS) is 15.7. The summed E-state index contributed by atoms with van der Waals surface area (Å²) in [5.41, 5.74) is 2.74. The number of methoxy groups -OCH3 is 2. The van der Waals surface area contributed by atoms with Crippen LogP contribution in [0.4, 0.5) is 0 Å². The maximum atomic E-state index is 12.4. The summed E-state index contributed by atoms with van der Waals surface area (Å²) in [5, 5.41) is 4.97. The van der Waals surface area contributed by atoms with E-state index in [2.05, 4.69) is 10.3 Å². The zero-order chi connectivity index (χ0) is 17.4. The molecule has 0 amide bonds. The van der Waals surface area contributed by atoms with Gasteiger partial charge in [0.05, 0.1) is 43.2 Å². The smallest absolute Gasteiger partial charge is 0.336 e. The lowest BCUT2D eigenvalue weighted by Crippen LogP contribution is -2.32. The molecule has 0 radical (unpaired) electrons. The molecule has 0 spiro atoms. The molecule has 0 saturated heterocycles. The average Bonchev–Trinajstić information content (AvgIpc) is 3.16. The van der Waals surface area contributed by atoms with Gasteiger partial charge >= 0.3 is 11.9 Å². The third kappa shape index (κ3) is 2.39. The highest BCUT2D eigenvalue weighted by atomic mass is 32.1. The number of dihydropyridines is 1. The molecule has 0 fully saturated rings. The van der Waals surface area contributed by atoms with E-state index in [1.54, 1.807) is 20.0 Å². The minimum atomic E-state index is -0.615. The highest BCUT2D eigenvalue weighted by molar-refractivity contribution is 7.15. The molecular formula is C16H17N3O4S. The lowest BCUT2D eigenvalue weighted by molar-refractivity contribution is -0.137. The van der Waals surface area contributed by atoms with Crippen LogP contribution in [0.5, 0.6) is 0 Å². The number of rotatable bonds is 3. The zero-order valence-corrected chi connectivity index (χ0v) is 14.6. The summed E-state index contributed by atoms with van der Waals surface area (Å²) in [6, 6.07) is 0. The van der Waals surface area contributed by atoms with Crippen molar-refractivity contribution in [1.82, 2.24) is 14.7 Å². The monoisotopic (exact) mass is 347 g/mol. The second kappa shape index (κ2) is 6.12. The zero-order valence-electron chi connectivity index (χ0n) is 13.7. The van der Waals surface area contributed by atoms with Crippen LogP contribution in [0.25, 0.3) is 4.96 Å². The number of thiazole rings is 1. The van der Waals surface area contributed by atoms with Crippen molar-refractivity contribution in [3.05, 3.63) is 46.0 Å². The van der Waals surface area contributed by atoms with Crippen LogP contribution in [0.1, 0.15) is 25.5 Å². The number of esters is 2. The molecular weight excluding hydrogens is 330 g/mol. The number of nitrogens with zero attached hydrogens (tertiary/aromatic N) is 2. The maximum Gasteiger partial charge on any atom is 0.336 e. The van der Waals surface area contributed by atoms with Crippen molar-refractivity contribution in [2.45, 2.75) is 19.8 Å². The Hall–Kier alpha value is -2.61. The number of aromatic nitrogens is 2. The minimum Gasteiger partial charge on any atom is -0.466 e. The van der Waals surface area contributed by atoms with Crippen LogP contribution in [0.15, 0.2) is 40.3 Å². The van der Waals surface area contributed by atoms with Gasteiger partial charge < -0.3 is 14.8 Å². The Balaban J connectivity index is 2.27. The minimum absolute atomic E-state index is 0.372. The number of carbonyl (C=O) groups is 2. The molecule has 0 aromatic carbocycles. The van der Waals surface area contributed by atoms with Crippen LogP contribution in [-0.2, 0) is 19.1 Å². The van der Waals surface area contributed by atoms with Crippen LogP contribution < -0.4 is 5.32 Å². The molecule has 1 aliphatic heterocycles. The molecule has 0 saturated carbocycles. The Labute approximate surface area is 142 Å². The first-order chi connectivity index (χ1) is 11.5. The van der Waals surface area contributed by atoms with Gasteiger partial charge in [0.2, 0.25) is 0 Å². The highest BCUT2D eigenvalue weighted by Gasteiger charge is 2.39. The van der Waals surface area contributed by atoms with Gasteiger partial charge in [0.25, 0.3) is 0 Å². The predicted octanol–water partition coefficient (Wildman–Crippen LogP) is 1.98. The summed E-state index contributed by atoms with van der Waals surface area (Å²) >= 11 is 1.48. The lowest BCUT2D eigenvalue weighted by Gasteiger charge is -2.29. The Kier molecular flexibility index (Phi) is 4.15. The molecule has 0 atom stereocenters. The van der Waals surface area contributed by atoms with Crippen LogP contribution in [0.3, 0.4) is 0 Å². The number of ether oxygens (including phenoxy) is 2. The van der Waals surface area contributed by atoms with Gasteiger partial charge in [0.15, 0.2) is 4.96 Å². The SMILES string of the molecule is COC(=O)C1=C(C)NC(C)=C(C(=O)OC)C1c1cnc2sccn12. The Morgan fingerprint density at radius 1 is 1.17 bits per heavy atom. The van der Waals surface area contributed by atoms with E-state index >= 15 is 0 Å². The number of carbonyl (C=O) groups excluding carboxylic acids is 2. The Morgan fingerprint density at radius 3 is 2.29 bits per heavy atom. The molecule has 24 heavy (non-hydrogen) atoms. The van der Waals surface area contributed by atoms with Crippen molar-refractivity contribution in [3.63, 3.8) is 0 Å². The van der Waals surface area contributed by atoms with E-state index in [1.807, 2.05) is 16.0 Å². The van der Waals surface area contributed by atoms with Crippen LogP contribution in [0, 0.1) is 0 Å².